The van der Waals surface area contributed by atoms with Crippen molar-refractivity contribution in [3.63, 3.8) is 0 Å². The van der Waals surface area contributed by atoms with Crippen LogP contribution in [0.1, 0.15) is 18.4 Å². The van der Waals surface area contributed by atoms with Crippen LogP contribution in [0.2, 0.25) is 0 Å². The van der Waals surface area contributed by atoms with E-state index < -0.39 is 0 Å². The third kappa shape index (κ3) is 3.56. The second kappa shape index (κ2) is 6.34. The van der Waals surface area contributed by atoms with Crippen LogP contribution in [0.15, 0.2) is 28.7 Å². The first-order valence-corrected chi connectivity index (χ1v) is 7.20. The minimum atomic E-state index is 0.218. The van der Waals surface area contributed by atoms with Crippen molar-refractivity contribution in [2.45, 2.75) is 19.3 Å². The summed E-state index contributed by atoms with van der Waals surface area (Å²) in [6.45, 7) is 2.39. The molecule has 0 bridgehead atoms. The maximum atomic E-state index is 12.2. The summed E-state index contributed by atoms with van der Waals surface area (Å²) in [5.41, 5.74) is 6.76. The van der Waals surface area contributed by atoms with Crippen LogP contribution in [0.25, 0.3) is 0 Å². The SMILES string of the molecule is NCC1CCCN(C(=O)Cc2ccc(Br)cc2)C1. The molecule has 1 amide bonds. The molecule has 0 saturated carbocycles. The van der Waals surface area contributed by atoms with Crippen molar-refractivity contribution in [1.82, 2.24) is 4.90 Å². The average molecular weight is 311 g/mol. The molecule has 1 aliphatic heterocycles. The van der Waals surface area contributed by atoms with Gasteiger partial charge in [-0.05, 0) is 43.0 Å². The number of hydrogen-bond acceptors (Lipinski definition) is 2. The van der Waals surface area contributed by atoms with Crippen LogP contribution in [0.4, 0.5) is 0 Å². The predicted octanol–water partition coefficient (Wildman–Crippen LogP) is 2.19. The normalized spacial score (nSPS) is 19.9. The molecular weight excluding hydrogens is 292 g/mol. The lowest BCUT2D eigenvalue weighted by atomic mass is 9.97. The van der Waals surface area contributed by atoms with Gasteiger partial charge in [-0.25, -0.2) is 0 Å². The highest BCUT2D eigenvalue weighted by atomic mass is 79.9. The summed E-state index contributed by atoms with van der Waals surface area (Å²) in [5.74, 6) is 0.697. The number of benzene rings is 1. The lowest BCUT2D eigenvalue weighted by Gasteiger charge is -2.32. The van der Waals surface area contributed by atoms with E-state index in [0.29, 0.717) is 18.9 Å². The number of piperidine rings is 1. The molecule has 2 N–H and O–H groups in total. The average Bonchev–Trinajstić information content (AvgIpc) is 2.41. The number of likely N-dealkylation sites (tertiary alicyclic amines) is 1. The van der Waals surface area contributed by atoms with E-state index in [0.717, 1.165) is 36.0 Å². The van der Waals surface area contributed by atoms with E-state index in [1.165, 1.54) is 0 Å². The Morgan fingerprint density at radius 3 is 2.78 bits per heavy atom. The number of hydrogen-bond donors (Lipinski definition) is 1. The Morgan fingerprint density at radius 2 is 2.11 bits per heavy atom. The van der Waals surface area contributed by atoms with Gasteiger partial charge in [-0.15, -0.1) is 0 Å². The van der Waals surface area contributed by atoms with E-state index >= 15 is 0 Å². The van der Waals surface area contributed by atoms with Gasteiger partial charge in [0.25, 0.3) is 0 Å². The maximum absolute atomic E-state index is 12.2. The van der Waals surface area contributed by atoms with Gasteiger partial charge >= 0.3 is 0 Å². The van der Waals surface area contributed by atoms with E-state index in [1.807, 2.05) is 29.2 Å². The van der Waals surface area contributed by atoms with Crippen molar-refractivity contribution >= 4 is 21.8 Å². The molecule has 18 heavy (non-hydrogen) atoms. The molecule has 1 aromatic carbocycles. The Hall–Kier alpha value is -0.870. The zero-order chi connectivity index (χ0) is 13.0. The van der Waals surface area contributed by atoms with E-state index in [2.05, 4.69) is 15.9 Å². The van der Waals surface area contributed by atoms with Gasteiger partial charge < -0.3 is 10.6 Å². The first-order valence-electron chi connectivity index (χ1n) is 6.41. The molecule has 2 rings (SSSR count). The molecule has 0 aliphatic carbocycles. The molecule has 1 heterocycles. The van der Waals surface area contributed by atoms with Gasteiger partial charge in [0, 0.05) is 17.6 Å². The molecule has 1 unspecified atom stereocenters. The maximum Gasteiger partial charge on any atom is 0.226 e. The second-order valence-corrected chi connectivity index (χ2v) is 5.80. The Balaban J connectivity index is 1.93. The van der Waals surface area contributed by atoms with Crippen LogP contribution in [-0.4, -0.2) is 30.4 Å². The van der Waals surface area contributed by atoms with Crippen LogP contribution in [0, 0.1) is 5.92 Å². The largest absolute Gasteiger partial charge is 0.342 e. The number of nitrogens with zero attached hydrogens (tertiary/aromatic N) is 1. The molecule has 1 aromatic rings. The summed E-state index contributed by atoms with van der Waals surface area (Å²) in [4.78, 5) is 14.1. The third-order valence-electron chi connectivity index (χ3n) is 3.47. The first-order chi connectivity index (χ1) is 8.69. The van der Waals surface area contributed by atoms with Gasteiger partial charge in [0.2, 0.25) is 5.91 Å². The quantitative estimate of drug-likeness (QED) is 0.930. The van der Waals surface area contributed by atoms with Crippen molar-refractivity contribution in [1.29, 1.82) is 0 Å². The molecule has 0 spiro atoms. The van der Waals surface area contributed by atoms with Gasteiger partial charge in [-0.1, -0.05) is 28.1 Å². The van der Waals surface area contributed by atoms with Crippen LogP contribution in [0.5, 0.6) is 0 Å². The number of carbonyl (C=O) groups excluding carboxylic acids is 1. The molecule has 3 nitrogen and oxygen atoms in total. The molecule has 4 heteroatoms. The summed E-state index contributed by atoms with van der Waals surface area (Å²) in [5, 5.41) is 0. The van der Waals surface area contributed by atoms with Gasteiger partial charge in [0.05, 0.1) is 6.42 Å². The lowest BCUT2D eigenvalue weighted by Crippen LogP contribution is -2.42. The van der Waals surface area contributed by atoms with Crippen molar-refractivity contribution in [3.05, 3.63) is 34.3 Å². The van der Waals surface area contributed by atoms with Gasteiger partial charge in [-0.2, -0.15) is 0 Å². The Labute approximate surface area is 116 Å². The highest BCUT2D eigenvalue weighted by Gasteiger charge is 2.22. The van der Waals surface area contributed by atoms with Crippen LogP contribution < -0.4 is 5.73 Å². The molecule has 98 valence electrons. The first kappa shape index (κ1) is 13.6. The van der Waals surface area contributed by atoms with E-state index in [4.69, 9.17) is 5.73 Å². The molecule has 1 atom stereocenters. The number of halogens is 1. The molecule has 1 aliphatic rings. The van der Waals surface area contributed by atoms with Crippen LogP contribution in [-0.2, 0) is 11.2 Å². The van der Waals surface area contributed by atoms with Gasteiger partial charge in [-0.3, -0.25) is 4.79 Å². The van der Waals surface area contributed by atoms with Crippen LogP contribution >= 0.6 is 15.9 Å². The number of carbonyl (C=O) groups is 1. The standard InChI is InChI=1S/C14H19BrN2O/c15-13-5-3-11(4-6-13)8-14(18)17-7-1-2-12(9-16)10-17/h3-6,12H,1-2,7-10,16H2. The van der Waals surface area contributed by atoms with Crippen molar-refractivity contribution < 1.29 is 4.79 Å². The molecule has 1 saturated heterocycles. The summed E-state index contributed by atoms with van der Waals surface area (Å²) in [6.07, 6.45) is 2.72. The summed E-state index contributed by atoms with van der Waals surface area (Å²) in [7, 11) is 0. The molecular formula is C14H19BrN2O. The monoisotopic (exact) mass is 310 g/mol. The van der Waals surface area contributed by atoms with E-state index in [-0.39, 0.29) is 5.91 Å². The highest BCUT2D eigenvalue weighted by Crippen LogP contribution is 2.17. The zero-order valence-corrected chi connectivity index (χ0v) is 12.0. The minimum absolute atomic E-state index is 0.218. The van der Waals surface area contributed by atoms with Crippen molar-refractivity contribution in [2.75, 3.05) is 19.6 Å². The molecule has 1 fully saturated rings. The van der Waals surface area contributed by atoms with Gasteiger partial charge in [0.15, 0.2) is 0 Å². The van der Waals surface area contributed by atoms with Crippen molar-refractivity contribution in [3.8, 4) is 0 Å². The fourth-order valence-electron chi connectivity index (χ4n) is 2.37. The highest BCUT2D eigenvalue weighted by molar-refractivity contribution is 9.10. The zero-order valence-electron chi connectivity index (χ0n) is 10.4. The van der Waals surface area contributed by atoms with Crippen LogP contribution in [0.3, 0.4) is 0 Å². The molecule has 0 radical (unpaired) electrons. The van der Waals surface area contributed by atoms with E-state index in [1.54, 1.807) is 0 Å². The fraction of sp³-hybridized carbons (Fsp3) is 0.500. The smallest absolute Gasteiger partial charge is 0.226 e. The van der Waals surface area contributed by atoms with Gasteiger partial charge in [0.1, 0.15) is 0 Å². The van der Waals surface area contributed by atoms with E-state index in [9.17, 15) is 4.79 Å². The Morgan fingerprint density at radius 1 is 1.39 bits per heavy atom. The molecule has 0 aromatic heterocycles. The number of amides is 1. The lowest BCUT2D eigenvalue weighted by molar-refractivity contribution is -0.132. The van der Waals surface area contributed by atoms with Crippen molar-refractivity contribution in [2.24, 2.45) is 11.7 Å². The summed E-state index contributed by atoms with van der Waals surface area (Å²) >= 11 is 3.40. The summed E-state index contributed by atoms with van der Waals surface area (Å²) < 4.78 is 1.04. The second-order valence-electron chi connectivity index (χ2n) is 4.89. The Kier molecular flexibility index (Phi) is 4.78. The summed E-state index contributed by atoms with van der Waals surface area (Å²) in [6, 6.07) is 7.93. The fourth-order valence-corrected chi connectivity index (χ4v) is 2.64. The Bertz CT molecular complexity index is 405. The third-order valence-corrected chi connectivity index (χ3v) is 4.00. The predicted molar refractivity (Wildman–Crippen MR) is 76.2 cm³/mol. The minimum Gasteiger partial charge on any atom is -0.342 e. The number of rotatable bonds is 3. The number of nitrogens with two attached hydrogens (primary N) is 1. The topological polar surface area (TPSA) is 46.3 Å².